The summed E-state index contributed by atoms with van der Waals surface area (Å²) in [6.07, 6.45) is 2.02. The van der Waals surface area contributed by atoms with Crippen LogP contribution in [0.1, 0.15) is 12.1 Å². The van der Waals surface area contributed by atoms with Crippen molar-refractivity contribution >= 4 is 5.82 Å². The first-order chi connectivity index (χ1) is 7.86. The third kappa shape index (κ3) is 1.32. The van der Waals surface area contributed by atoms with E-state index in [0.717, 1.165) is 30.9 Å². The maximum Gasteiger partial charge on any atom is 0.153 e. The van der Waals surface area contributed by atoms with Crippen molar-refractivity contribution in [2.24, 2.45) is 0 Å². The van der Waals surface area contributed by atoms with Gasteiger partial charge in [0.25, 0.3) is 0 Å². The summed E-state index contributed by atoms with van der Waals surface area (Å²) in [5, 5.41) is 21.2. The quantitative estimate of drug-likeness (QED) is 0.755. The molecule has 0 amide bonds. The molecule has 5 heteroatoms. The van der Waals surface area contributed by atoms with Crippen molar-refractivity contribution in [1.29, 1.82) is 0 Å². The lowest BCUT2D eigenvalue weighted by molar-refractivity contribution is 0.470. The Hall–Kier alpha value is -2.04. The Morgan fingerprint density at radius 2 is 2.19 bits per heavy atom. The van der Waals surface area contributed by atoms with E-state index >= 15 is 0 Å². The zero-order valence-electron chi connectivity index (χ0n) is 8.72. The average Bonchev–Trinajstić information content (AvgIpc) is 2.74. The van der Waals surface area contributed by atoms with Gasteiger partial charge in [-0.1, -0.05) is 17.3 Å². The lowest BCUT2D eigenvalue weighted by Gasteiger charge is -2.14. The highest BCUT2D eigenvalue weighted by Crippen LogP contribution is 2.27. The predicted molar refractivity (Wildman–Crippen MR) is 59.8 cm³/mol. The number of aromatic nitrogens is 3. The summed E-state index contributed by atoms with van der Waals surface area (Å²) < 4.78 is 1.66. The standard InChI is InChI=1S/C11H12N4O/c16-10-6-2-1-5-9(10)15-11-8(13-14-15)4-3-7-12-11/h1-2,5-6,12,16H,3-4,7H2. The van der Waals surface area contributed by atoms with Crippen LogP contribution in [0.2, 0.25) is 0 Å². The van der Waals surface area contributed by atoms with Crippen molar-refractivity contribution in [2.75, 3.05) is 11.9 Å². The minimum atomic E-state index is 0.211. The molecule has 1 aliphatic heterocycles. The molecule has 0 saturated carbocycles. The Bertz CT molecular complexity index is 520. The van der Waals surface area contributed by atoms with E-state index < -0.39 is 0 Å². The summed E-state index contributed by atoms with van der Waals surface area (Å²) in [4.78, 5) is 0. The second kappa shape index (κ2) is 3.52. The largest absolute Gasteiger partial charge is 0.506 e. The van der Waals surface area contributed by atoms with Crippen LogP contribution in [0.15, 0.2) is 24.3 Å². The number of nitrogens with zero attached hydrogens (tertiary/aromatic N) is 3. The SMILES string of the molecule is Oc1ccccc1-n1nnc2c1NCCC2. The Kier molecular flexibility index (Phi) is 2.02. The molecule has 0 spiro atoms. The summed E-state index contributed by atoms with van der Waals surface area (Å²) in [6.45, 7) is 0.925. The highest BCUT2D eigenvalue weighted by molar-refractivity contribution is 5.54. The third-order valence-corrected chi connectivity index (χ3v) is 2.73. The Morgan fingerprint density at radius 1 is 1.31 bits per heavy atom. The van der Waals surface area contributed by atoms with Gasteiger partial charge in [-0.2, -0.15) is 4.68 Å². The molecular formula is C11H12N4O. The summed E-state index contributed by atoms with van der Waals surface area (Å²) in [5.41, 5.74) is 1.63. The molecule has 1 aromatic carbocycles. The number of fused-ring (bicyclic) bond motifs is 1. The van der Waals surface area contributed by atoms with E-state index in [2.05, 4.69) is 15.6 Å². The van der Waals surface area contributed by atoms with E-state index in [4.69, 9.17) is 0 Å². The van der Waals surface area contributed by atoms with E-state index in [1.165, 1.54) is 0 Å². The Labute approximate surface area is 92.7 Å². The zero-order chi connectivity index (χ0) is 11.0. The number of para-hydroxylation sites is 2. The van der Waals surface area contributed by atoms with Crippen LogP contribution in [-0.2, 0) is 6.42 Å². The summed E-state index contributed by atoms with van der Waals surface area (Å²) in [6, 6.07) is 7.12. The third-order valence-electron chi connectivity index (χ3n) is 2.73. The van der Waals surface area contributed by atoms with Crippen LogP contribution in [0.5, 0.6) is 5.75 Å². The summed E-state index contributed by atoms with van der Waals surface area (Å²) in [5.74, 6) is 1.11. The van der Waals surface area contributed by atoms with Crippen LogP contribution in [0.25, 0.3) is 5.69 Å². The monoisotopic (exact) mass is 216 g/mol. The molecule has 0 bridgehead atoms. The van der Waals surface area contributed by atoms with Gasteiger partial charge < -0.3 is 10.4 Å². The van der Waals surface area contributed by atoms with E-state index in [1.807, 2.05) is 12.1 Å². The molecule has 1 aromatic heterocycles. The molecule has 0 unspecified atom stereocenters. The highest BCUT2D eigenvalue weighted by Gasteiger charge is 2.18. The lowest BCUT2D eigenvalue weighted by Crippen LogP contribution is -2.14. The van der Waals surface area contributed by atoms with E-state index in [9.17, 15) is 5.11 Å². The molecular weight excluding hydrogens is 204 g/mol. The van der Waals surface area contributed by atoms with Crippen molar-refractivity contribution in [3.63, 3.8) is 0 Å². The molecule has 5 nitrogen and oxygen atoms in total. The molecule has 16 heavy (non-hydrogen) atoms. The molecule has 0 aliphatic carbocycles. The lowest BCUT2D eigenvalue weighted by atomic mass is 10.2. The Morgan fingerprint density at radius 3 is 3.06 bits per heavy atom. The van der Waals surface area contributed by atoms with Gasteiger partial charge in [-0.15, -0.1) is 5.10 Å². The van der Waals surface area contributed by atoms with Crippen molar-refractivity contribution in [3.05, 3.63) is 30.0 Å². The Balaban J connectivity index is 2.13. The fraction of sp³-hybridized carbons (Fsp3) is 0.273. The molecule has 2 N–H and O–H groups in total. The number of aromatic hydroxyl groups is 1. The van der Waals surface area contributed by atoms with Gasteiger partial charge in [-0.25, -0.2) is 0 Å². The van der Waals surface area contributed by atoms with Crippen LogP contribution < -0.4 is 5.32 Å². The smallest absolute Gasteiger partial charge is 0.153 e. The van der Waals surface area contributed by atoms with Crippen molar-refractivity contribution in [1.82, 2.24) is 15.0 Å². The van der Waals surface area contributed by atoms with Gasteiger partial charge in [0.05, 0.1) is 0 Å². The van der Waals surface area contributed by atoms with Gasteiger partial charge in [0.15, 0.2) is 5.82 Å². The molecule has 0 saturated heterocycles. The van der Waals surface area contributed by atoms with Gasteiger partial charge >= 0.3 is 0 Å². The van der Waals surface area contributed by atoms with Gasteiger partial charge in [0, 0.05) is 6.54 Å². The molecule has 2 heterocycles. The van der Waals surface area contributed by atoms with Crippen molar-refractivity contribution in [2.45, 2.75) is 12.8 Å². The number of rotatable bonds is 1. The minimum absolute atomic E-state index is 0.211. The summed E-state index contributed by atoms with van der Waals surface area (Å²) in [7, 11) is 0. The molecule has 2 aromatic rings. The van der Waals surface area contributed by atoms with Gasteiger partial charge in [-0.05, 0) is 25.0 Å². The van der Waals surface area contributed by atoms with Crippen molar-refractivity contribution < 1.29 is 5.11 Å². The second-order valence-corrected chi connectivity index (χ2v) is 3.82. The first-order valence-corrected chi connectivity index (χ1v) is 5.33. The van der Waals surface area contributed by atoms with Crippen LogP contribution >= 0.6 is 0 Å². The number of phenolic OH excluding ortho intramolecular Hbond substituents is 1. The van der Waals surface area contributed by atoms with Crippen LogP contribution in [0.3, 0.4) is 0 Å². The molecule has 0 atom stereocenters. The van der Waals surface area contributed by atoms with Crippen LogP contribution in [-0.4, -0.2) is 26.6 Å². The maximum absolute atomic E-state index is 9.77. The second-order valence-electron chi connectivity index (χ2n) is 3.82. The fourth-order valence-corrected chi connectivity index (χ4v) is 1.93. The van der Waals surface area contributed by atoms with Gasteiger partial charge in [0.1, 0.15) is 17.1 Å². The van der Waals surface area contributed by atoms with Gasteiger partial charge in [-0.3, -0.25) is 0 Å². The summed E-state index contributed by atoms with van der Waals surface area (Å²) >= 11 is 0. The number of hydrogen-bond acceptors (Lipinski definition) is 4. The number of hydrogen-bond donors (Lipinski definition) is 2. The van der Waals surface area contributed by atoms with Crippen LogP contribution in [0.4, 0.5) is 5.82 Å². The van der Waals surface area contributed by atoms with Crippen LogP contribution in [0, 0.1) is 0 Å². The topological polar surface area (TPSA) is 63.0 Å². The average molecular weight is 216 g/mol. The number of nitrogens with one attached hydrogen (secondary N) is 1. The number of anilines is 1. The van der Waals surface area contributed by atoms with E-state index in [1.54, 1.807) is 16.8 Å². The predicted octanol–water partition coefficient (Wildman–Crippen LogP) is 1.33. The maximum atomic E-state index is 9.77. The van der Waals surface area contributed by atoms with Crippen molar-refractivity contribution in [3.8, 4) is 11.4 Å². The molecule has 82 valence electrons. The van der Waals surface area contributed by atoms with Gasteiger partial charge in [0.2, 0.25) is 0 Å². The zero-order valence-corrected chi connectivity index (χ0v) is 8.72. The number of benzene rings is 1. The minimum Gasteiger partial charge on any atom is -0.506 e. The molecule has 0 fully saturated rings. The van der Waals surface area contributed by atoms with E-state index in [-0.39, 0.29) is 5.75 Å². The number of aryl methyl sites for hydroxylation is 1. The molecule has 0 radical (unpaired) electrons. The molecule has 3 rings (SSSR count). The fourth-order valence-electron chi connectivity index (χ4n) is 1.93. The van der Waals surface area contributed by atoms with E-state index in [0.29, 0.717) is 5.69 Å². The normalized spacial score (nSPS) is 14.2. The first kappa shape index (κ1) is 9.21. The first-order valence-electron chi connectivity index (χ1n) is 5.33. The number of phenols is 1. The molecule has 1 aliphatic rings. The highest BCUT2D eigenvalue weighted by atomic mass is 16.3.